The summed E-state index contributed by atoms with van der Waals surface area (Å²) in [6.07, 6.45) is 8.86. The SMILES string of the molecule is CCC(C(=O)O)C(C=CC=CNc1ccccc1)Cc1nc2ccccc2s1. The number of benzene rings is 2. The Morgan fingerprint density at radius 1 is 1.14 bits per heavy atom. The van der Waals surface area contributed by atoms with E-state index in [-0.39, 0.29) is 5.92 Å². The molecule has 0 bridgehead atoms. The van der Waals surface area contributed by atoms with E-state index in [1.165, 1.54) is 0 Å². The van der Waals surface area contributed by atoms with Crippen molar-refractivity contribution in [3.8, 4) is 0 Å². The molecule has 4 nitrogen and oxygen atoms in total. The van der Waals surface area contributed by atoms with E-state index in [9.17, 15) is 9.90 Å². The fourth-order valence-corrected chi connectivity index (χ4v) is 4.19. The number of allylic oxidation sites excluding steroid dienone is 3. The second-order valence-corrected chi connectivity index (χ2v) is 7.67. The van der Waals surface area contributed by atoms with Crippen LogP contribution in [0, 0.1) is 11.8 Å². The van der Waals surface area contributed by atoms with Crippen LogP contribution in [0.3, 0.4) is 0 Å². The number of fused-ring (bicyclic) bond motifs is 1. The first kappa shape index (κ1) is 19.8. The molecule has 0 aliphatic carbocycles. The van der Waals surface area contributed by atoms with Gasteiger partial charge in [0.25, 0.3) is 0 Å². The third kappa shape index (κ3) is 5.30. The van der Waals surface area contributed by atoms with Crippen LogP contribution in [0.1, 0.15) is 18.4 Å². The number of carboxylic acids is 1. The first-order chi connectivity index (χ1) is 13.7. The minimum Gasteiger partial charge on any atom is -0.481 e. The van der Waals surface area contributed by atoms with Crippen molar-refractivity contribution >= 4 is 33.2 Å². The van der Waals surface area contributed by atoms with Gasteiger partial charge in [-0.3, -0.25) is 4.79 Å². The average Bonchev–Trinajstić information content (AvgIpc) is 3.11. The van der Waals surface area contributed by atoms with Gasteiger partial charge < -0.3 is 10.4 Å². The predicted molar refractivity (Wildman–Crippen MR) is 117 cm³/mol. The van der Waals surface area contributed by atoms with Gasteiger partial charge in [0.05, 0.1) is 21.1 Å². The lowest BCUT2D eigenvalue weighted by Crippen LogP contribution is -2.23. The Labute approximate surface area is 169 Å². The average molecular weight is 393 g/mol. The predicted octanol–water partition coefficient (Wildman–Crippen LogP) is 5.75. The summed E-state index contributed by atoms with van der Waals surface area (Å²) in [5, 5.41) is 13.8. The van der Waals surface area contributed by atoms with Gasteiger partial charge >= 0.3 is 5.97 Å². The van der Waals surface area contributed by atoms with E-state index < -0.39 is 11.9 Å². The van der Waals surface area contributed by atoms with Crippen molar-refractivity contribution < 1.29 is 9.90 Å². The van der Waals surface area contributed by atoms with E-state index >= 15 is 0 Å². The van der Waals surface area contributed by atoms with Gasteiger partial charge in [0.15, 0.2) is 0 Å². The van der Waals surface area contributed by atoms with Gasteiger partial charge in [-0.2, -0.15) is 0 Å². The van der Waals surface area contributed by atoms with Gasteiger partial charge in [0.1, 0.15) is 0 Å². The molecule has 2 unspecified atom stereocenters. The van der Waals surface area contributed by atoms with Gasteiger partial charge in [-0.15, -0.1) is 11.3 Å². The highest BCUT2D eigenvalue weighted by molar-refractivity contribution is 7.18. The number of aromatic nitrogens is 1. The van der Waals surface area contributed by atoms with Gasteiger partial charge in [-0.05, 0) is 42.7 Å². The molecule has 2 N–H and O–H groups in total. The van der Waals surface area contributed by atoms with Crippen molar-refractivity contribution in [2.24, 2.45) is 11.8 Å². The lowest BCUT2D eigenvalue weighted by molar-refractivity contribution is -0.143. The van der Waals surface area contributed by atoms with Crippen LogP contribution >= 0.6 is 11.3 Å². The second kappa shape index (κ2) is 9.85. The van der Waals surface area contributed by atoms with Crippen molar-refractivity contribution in [2.75, 3.05) is 5.32 Å². The molecular weight excluding hydrogens is 368 g/mol. The zero-order valence-corrected chi connectivity index (χ0v) is 16.6. The van der Waals surface area contributed by atoms with E-state index in [0.29, 0.717) is 12.8 Å². The molecule has 1 heterocycles. The molecule has 2 atom stereocenters. The summed E-state index contributed by atoms with van der Waals surface area (Å²) in [5.74, 6) is -1.30. The Morgan fingerprint density at radius 2 is 1.89 bits per heavy atom. The quantitative estimate of drug-likeness (QED) is 0.455. The number of carbonyl (C=O) groups is 1. The summed E-state index contributed by atoms with van der Waals surface area (Å²) < 4.78 is 1.13. The van der Waals surface area contributed by atoms with Crippen LogP contribution in [0.25, 0.3) is 10.2 Å². The Hall–Kier alpha value is -2.92. The van der Waals surface area contributed by atoms with Gasteiger partial charge in [-0.1, -0.05) is 49.4 Å². The van der Waals surface area contributed by atoms with Crippen LogP contribution in [0.5, 0.6) is 0 Å². The number of hydrogen-bond acceptors (Lipinski definition) is 4. The summed E-state index contributed by atoms with van der Waals surface area (Å²) in [5.41, 5.74) is 1.98. The Morgan fingerprint density at radius 3 is 2.61 bits per heavy atom. The molecule has 144 valence electrons. The van der Waals surface area contributed by atoms with Crippen molar-refractivity contribution in [2.45, 2.75) is 19.8 Å². The Bertz CT molecular complexity index is 930. The molecule has 5 heteroatoms. The number of anilines is 1. The maximum atomic E-state index is 11.7. The monoisotopic (exact) mass is 392 g/mol. The lowest BCUT2D eigenvalue weighted by atomic mass is 9.87. The molecule has 3 aromatic rings. The topological polar surface area (TPSA) is 62.2 Å². The number of aliphatic carboxylic acids is 1. The van der Waals surface area contributed by atoms with Crippen molar-refractivity contribution in [3.05, 3.63) is 84.0 Å². The third-order valence-corrected chi connectivity index (χ3v) is 5.67. The number of thiazole rings is 1. The second-order valence-electron chi connectivity index (χ2n) is 6.55. The number of rotatable bonds is 9. The number of para-hydroxylation sites is 2. The highest BCUT2D eigenvalue weighted by Gasteiger charge is 2.25. The molecule has 3 rings (SSSR count). The maximum Gasteiger partial charge on any atom is 0.307 e. The summed E-state index contributed by atoms with van der Waals surface area (Å²) in [7, 11) is 0. The molecule has 1 aromatic heterocycles. The first-order valence-electron chi connectivity index (χ1n) is 9.39. The van der Waals surface area contributed by atoms with Crippen LogP contribution < -0.4 is 5.32 Å². The number of nitrogens with zero attached hydrogens (tertiary/aromatic N) is 1. The first-order valence-corrected chi connectivity index (χ1v) is 10.2. The molecule has 0 spiro atoms. The Kier molecular flexibility index (Phi) is 6.98. The summed E-state index contributed by atoms with van der Waals surface area (Å²) >= 11 is 1.64. The minimum absolute atomic E-state index is 0.107. The maximum absolute atomic E-state index is 11.7. The Balaban J connectivity index is 1.71. The summed E-state index contributed by atoms with van der Waals surface area (Å²) in [6, 6.07) is 17.9. The number of nitrogens with one attached hydrogen (secondary N) is 1. The number of carboxylic acid groups (broad SMARTS) is 1. The van der Waals surface area contributed by atoms with E-state index in [0.717, 1.165) is 20.9 Å². The normalized spacial score (nSPS) is 13.9. The van der Waals surface area contributed by atoms with Crippen LogP contribution in [-0.4, -0.2) is 16.1 Å². The molecule has 0 radical (unpaired) electrons. The van der Waals surface area contributed by atoms with Crippen LogP contribution in [0.2, 0.25) is 0 Å². The minimum atomic E-state index is -0.760. The van der Waals surface area contributed by atoms with E-state index in [4.69, 9.17) is 0 Å². The third-order valence-electron chi connectivity index (χ3n) is 4.61. The molecular formula is C23H24N2O2S. The van der Waals surface area contributed by atoms with E-state index in [1.807, 2.05) is 85.9 Å². The largest absolute Gasteiger partial charge is 0.481 e. The molecule has 0 amide bonds. The highest BCUT2D eigenvalue weighted by Crippen LogP contribution is 2.28. The smallest absolute Gasteiger partial charge is 0.307 e. The molecule has 0 saturated carbocycles. The fourth-order valence-electron chi connectivity index (χ4n) is 3.15. The van der Waals surface area contributed by atoms with Crippen molar-refractivity contribution in [1.82, 2.24) is 4.98 Å². The van der Waals surface area contributed by atoms with E-state index in [2.05, 4.69) is 10.3 Å². The van der Waals surface area contributed by atoms with Crippen LogP contribution in [0.15, 0.2) is 79.0 Å². The zero-order chi connectivity index (χ0) is 19.8. The zero-order valence-electron chi connectivity index (χ0n) is 15.8. The molecule has 0 aliphatic rings. The van der Waals surface area contributed by atoms with Gasteiger partial charge in [0.2, 0.25) is 0 Å². The molecule has 0 fully saturated rings. The van der Waals surface area contributed by atoms with Crippen LogP contribution in [0.4, 0.5) is 5.69 Å². The van der Waals surface area contributed by atoms with Crippen LogP contribution in [-0.2, 0) is 11.2 Å². The van der Waals surface area contributed by atoms with Crippen molar-refractivity contribution in [1.29, 1.82) is 0 Å². The van der Waals surface area contributed by atoms with Gasteiger partial charge in [0, 0.05) is 18.3 Å². The lowest BCUT2D eigenvalue weighted by Gasteiger charge is -2.18. The van der Waals surface area contributed by atoms with E-state index in [1.54, 1.807) is 11.3 Å². The number of hydrogen-bond donors (Lipinski definition) is 2. The molecule has 0 aliphatic heterocycles. The molecule has 0 saturated heterocycles. The van der Waals surface area contributed by atoms with Crippen molar-refractivity contribution in [3.63, 3.8) is 0 Å². The molecule has 2 aromatic carbocycles. The summed E-state index contributed by atoms with van der Waals surface area (Å²) in [6.45, 7) is 1.92. The fraction of sp³-hybridized carbons (Fsp3) is 0.217. The standard InChI is InChI=1S/C23H24N2O2S/c1-2-19(23(26)27)17(10-8-9-15-24-18-11-4-3-5-12-18)16-22-25-20-13-6-7-14-21(20)28-22/h3-15,17,19,24H,2,16H2,1H3,(H,26,27). The highest BCUT2D eigenvalue weighted by atomic mass is 32.1. The molecule has 28 heavy (non-hydrogen) atoms. The van der Waals surface area contributed by atoms with Gasteiger partial charge in [-0.25, -0.2) is 4.98 Å². The summed E-state index contributed by atoms with van der Waals surface area (Å²) in [4.78, 5) is 16.4.